The van der Waals surface area contributed by atoms with Crippen molar-refractivity contribution in [2.75, 3.05) is 0 Å². The number of pyridine rings is 1. The smallest absolute Gasteiger partial charge is 0.166 e. The predicted octanol–water partition coefficient (Wildman–Crippen LogP) is 3.12. The van der Waals surface area contributed by atoms with Crippen molar-refractivity contribution in [3.63, 3.8) is 0 Å². The van der Waals surface area contributed by atoms with Gasteiger partial charge in [0.05, 0.1) is 11.4 Å². The van der Waals surface area contributed by atoms with Crippen LogP contribution in [-0.4, -0.2) is 15.7 Å². The summed E-state index contributed by atoms with van der Waals surface area (Å²) in [6.45, 7) is 2.06. The summed E-state index contributed by atoms with van der Waals surface area (Å²) in [7, 11) is 0. The molecule has 88 valence electrons. The van der Waals surface area contributed by atoms with Crippen molar-refractivity contribution < 1.29 is 4.79 Å². The zero-order valence-corrected chi connectivity index (χ0v) is 10.00. The van der Waals surface area contributed by atoms with Crippen LogP contribution in [0.3, 0.4) is 0 Å². The second kappa shape index (κ2) is 4.11. The Morgan fingerprint density at radius 1 is 1.11 bits per heavy atom. The second-order valence-electron chi connectivity index (χ2n) is 4.24. The topological polar surface area (TPSA) is 34.4 Å². The van der Waals surface area contributed by atoms with Gasteiger partial charge in [-0.3, -0.25) is 9.20 Å². The minimum absolute atomic E-state index is 0.611. The van der Waals surface area contributed by atoms with Crippen molar-refractivity contribution in [1.82, 2.24) is 9.38 Å². The van der Waals surface area contributed by atoms with E-state index in [-0.39, 0.29) is 0 Å². The first kappa shape index (κ1) is 10.7. The molecule has 0 aliphatic heterocycles. The Balaban J connectivity index is 2.26. The molecule has 2 heterocycles. The van der Waals surface area contributed by atoms with E-state index in [0.717, 1.165) is 23.2 Å². The van der Waals surface area contributed by atoms with Gasteiger partial charge in [0.2, 0.25) is 0 Å². The van der Waals surface area contributed by atoms with Gasteiger partial charge in [-0.1, -0.05) is 30.3 Å². The highest BCUT2D eigenvalue weighted by Crippen LogP contribution is 2.23. The molecule has 1 aromatic carbocycles. The number of aryl methyl sites for hydroxylation is 1. The Labute approximate surface area is 105 Å². The quantitative estimate of drug-likeness (QED) is 0.641. The molecule has 3 heteroatoms. The van der Waals surface area contributed by atoms with E-state index in [1.54, 1.807) is 6.07 Å². The number of fused-ring (bicyclic) bond motifs is 1. The molecule has 0 saturated heterocycles. The molecule has 3 nitrogen and oxygen atoms in total. The molecule has 0 radical (unpaired) electrons. The number of carbonyl (C=O) groups is 1. The largest absolute Gasteiger partial charge is 0.296 e. The summed E-state index contributed by atoms with van der Waals surface area (Å²) >= 11 is 0. The Bertz CT molecular complexity index is 728. The highest BCUT2D eigenvalue weighted by molar-refractivity contribution is 5.75. The molecular formula is C15H12N2O. The highest BCUT2D eigenvalue weighted by atomic mass is 16.1. The minimum atomic E-state index is 0.611. The molecule has 0 spiro atoms. The van der Waals surface area contributed by atoms with Gasteiger partial charge in [-0.05, 0) is 24.6 Å². The maximum atomic E-state index is 11.0. The van der Waals surface area contributed by atoms with Gasteiger partial charge in [0.15, 0.2) is 6.29 Å². The maximum absolute atomic E-state index is 11.0. The lowest BCUT2D eigenvalue weighted by atomic mass is 10.1. The highest BCUT2D eigenvalue weighted by Gasteiger charge is 2.08. The third-order valence-corrected chi connectivity index (χ3v) is 3.07. The number of carbonyl (C=O) groups excluding carboxylic acids is 1. The van der Waals surface area contributed by atoms with Crippen LogP contribution in [0.2, 0.25) is 0 Å². The molecule has 0 amide bonds. The van der Waals surface area contributed by atoms with E-state index >= 15 is 0 Å². The average Bonchev–Trinajstić information content (AvgIpc) is 2.82. The number of aldehydes is 1. The third kappa shape index (κ3) is 1.61. The summed E-state index contributed by atoms with van der Waals surface area (Å²) in [5, 5.41) is 0. The van der Waals surface area contributed by atoms with E-state index < -0.39 is 0 Å². The Hall–Kier alpha value is -2.42. The van der Waals surface area contributed by atoms with Crippen molar-refractivity contribution in [2.24, 2.45) is 0 Å². The maximum Gasteiger partial charge on any atom is 0.166 e. The standard InChI is InChI=1S/C15H12N2O/c1-11-5-2-3-7-13(11)14-9-17-12(10-18)6-4-8-15(17)16-14/h2-10H,1H3. The Kier molecular flexibility index (Phi) is 2.45. The van der Waals surface area contributed by atoms with E-state index in [1.807, 2.05) is 40.9 Å². The van der Waals surface area contributed by atoms with Crippen LogP contribution >= 0.6 is 0 Å². The molecule has 0 saturated carbocycles. The Morgan fingerprint density at radius 2 is 1.94 bits per heavy atom. The lowest BCUT2D eigenvalue weighted by Crippen LogP contribution is -1.91. The fourth-order valence-corrected chi connectivity index (χ4v) is 2.12. The van der Waals surface area contributed by atoms with Crippen LogP contribution in [-0.2, 0) is 0 Å². The fourth-order valence-electron chi connectivity index (χ4n) is 2.12. The van der Waals surface area contributed by atoms with Crippen molar-refractivity contribution >= 4 is 11.9 Å². The van der Waals surface area contributed by atoms with Gasteiger partial charge in [0, 0.05) is 11.8 Å². The third-order valence-electron chi connectivity index (χ3n) is 3.07. The van der Waals surface area contributed by atoms with Crippen LogP contribution in [0, 0.1) is 6.92 Å². The van der Waals surface area contributed by atoms with Crippen molar-refractivity contribution in [2.45, 2.75) is 6.92 Å². The lowest BCUT2D eigenvalue weighted by molar-refractivity contribution is 0.111. The van der Waals surface area contributed by atoms with Gasteiger partial charge in [-0.25, -0.2) is 4.98 Å². The van der Waals surface area contributed by atoms with E-state index in [4.69, 9.17) is 0 Å². The van der Waals surface area contributed by atoms with Gasteiger partial charge in [0.25, 0.3) is 0 Å². The first-order chi connectivity index (χ1) is 8.79. The predicted molar refractivity (Wildman–Crippen MR) is 70.8 cm³/mol. The minimum Gasteiger partial charge on any atom is -0.296 e. The van der Waals surface area contributed by atoms with Gasteiger partial charge in [-0.15, -0.1) is 0 Å². The SMILES string of the molecule is Cc1ccccc1-c1cn2c(C=O)cccc2n1. The molecule has 3 rings (SSSR count). The molecule has 0 fully saturated rings. The van der Waals surface area contributed by atoms with E-state index in [1.165, 1.54) is 5.56 Å². The number of imidazole rings is 1. The molecule has 2 aromatic heterocycles. The van der Waals surface area contributed by atoms with Gasteiger partial charge in [-0.2, -0.15) is 0 Å². The van der Waals surface area contributed by atoms with Crippen molar-refractivity contribution in [3.8, 4) is 11.3 Å². The van der Waals surface area contributed by atoms with Gasteiger partial charge >= 0.3 is 0 Å². The van der Waals surface area contributed by atoms with E-state index in [2.05, 4.69) is 18.0 Å². The number of benzene rings is 1. The first-order valence-corrected chi connectivity index (χ1v) is 5.79. The monoisotopic (exact) mass is 236 g/mol. The molecule has 0 N–H and O–H groups in total. The number of aromatic nitrogens is 2. The van der Waals surface area contributed by atoms with Crippen LogP contribution < -0.4 is 0 Å². The number of rotatable bonds is 2. The molecule has 0 atom stereocenters. The van der Waals surface area contributed by atoms with Crippen LogP contribution in [0.15, 0.2) is 48.7 Å². The first-order valence-electron chi connectivity index (χ1n) is 5.79. The van der Waals surface area contributed by atoms with Crippen LogP contribution in [0.4, 0.5) is 0 Å². The van der Waals surface area contributed by atoms with Gasteiger partial charge in [0.1, 0.15) is 5.65 Å². The fraction of sp³-hybridized carbons (Fsp3) is 0.0667. The lowest BCUT2D eigenvalue weighted by Gasteiger charge is -2.00. The van der Waals surface area contributed by atoms with Gasteiger partial charge < -0.3 is 0 Å². The molecule has 0 unspecified atom stereocenters. The number of nitrogens with zero attached hydrogens (tertiary/aromatic N) is 2. The summed E-state index contributed by atoms with van der Waals surface area (Å²) < 4.78 is 1.81. The van der Waals surface area contributed by atoms with Crippen LogP contribution in [0.5, 0.6) is 0 Å². The molecule has 0 aliphatic rings. The van der Waals surface area contributed by atoms with Crippen molar-refractivity contribution in [3.05, 3.63) is 59.9 Å². The van der Waals surface area contributed by atoms with Crippen LogP contribution in [0.25, 0.3) is 16.9 Å². The van der Waals surface area contributed by atoms with Crippen molar-refractivity contribution in [1.29, 1.82) is 0 Å². The van der Waals surface area contributed by atoms with Crippen LogP contribution in [0.1, 0.15) is 16.1 Å². The zero-order valence-electron chi connectivity index (χ0n) is 10.00. The summed E-state index contributed by atoms with van der Waals surface area (Å²) in [5.41, 5.74) is 4.56. The summed E-state index contributed by atoms with van der Waals surface area (Å²) in [5.74, 6) is 0. The zero-order chi connectivity index (χ0) is 12.5. The number of hydrogen-bond acceptors (Lipinski definition) is 2. The molecular weight excluding hydrogens is 224 g/mol. The summed E-state index contributed by atoms with van der Waals surface area (Å²) in [6, 6.07) is 13.6. The normalized spacial score (nSPS) is 10.7. The number of hydrogen-bond donors (Lipinski definition) is 0. The average molecular weight is 236 g/mol. The van der Waals surface area contributed by atoms with E-state index in [0.29, 0.717) is 5.69 Å². The van der Waals surface area contributed by atoms with E-state index in [9.17, 15) is 4.79 Å². The second-order valence-corrected chi connectivity index (χ2v) is 4.24. The summed E-state index contributed by atoms with van der Waals surface area (Å²) in [6.07, 6.45) is 2.75. The molecule has 0 aliphatic carbocycles. The molecule has 3 aromatic rings. The molecule has 18 heavy (non-hydrogen) atoms. The summed E-state index contributed by atoms with van der Waals surface area (Å²) in [4.78, 5) is 15.5. The Morgan fingerprint density at radius 3 is 2.72 bits per heavy atom. The molecule has 0 bridgehead atoms.